The van der Waals surface area contributed by atoms with Crippen LogP contribution in [0.4, 0.5) is 4.79 Å². The summed E-state index contributed by atoms with van der Waals surface area (Å²) in [6.45, 7) is 10.5. The molecule has 0 bridgehead atoms. The predicted molar refractivity (Wildman–Crippen MR) is 107 cm³/mol. The number of benzene rings is 1. The van der Waals surface area contributed by atoms with Gasteiger partial charge in [-0.25, -0.2) is 9.59 Å². The molecule has 0 aromatic heterocycles. The van der Waals surface area contributed by atoms with Crippen molar-refractivity contribution in [1.29, 1.82) is 0 Å². The molecule has 3 unspecified atom stereocenters. The van der Waals surface area contributed by atoms with Crippen molar-refractivity contribution in [2.75, 3.05) is 0 Å². The lowest BCUT2D eigenvalue weighted by atomic mass is 9.88. The van der Waals surface area contributed by atoms with E-state index in [1.807, 2.05) is 35.2 Å². The molecule has 1 aromatic rings. The number of hydrogen-bond acceptors (Lipinski definition) is 3. The van der Waals surface area contributed by atoms with Crippen molar-refractivity contribution in [3.05, 3.63) is 35.9 Å². The summed E-state index contributed by atoms with van der Waals surface area (Å²) in [6, 6.07) is 9.14. The third-order valence-corrected chi connectivity index (χ3v) is 5.05. The zero-order valence-corrected chi connectivity index (χ0v) is 17.3. The maximum atomic E-state index is 12.9. The van der Waals surface area contributed by atoms with Crippen molar-refractivity contribution in [3.8, 4) is 0 Å². The number of esters is 1. The minimum atomic E-state index is -0.650. The second-order valence-corrected chi connectivity index (χ2v) is 8.90. The van der Waals surface area contributed by atoms with Crippen LogP contribution in [0.1, 0.15) is 65.9 Å². The van der Waals surface area contributed by atoms with E-state index in [-0.39, 0.29) is 36.1 Å². The highest BCUT2D eigenvalue weighted by Gasteiger charge is 2.33. The van der Waals surface area contributed by atoms with Crippen LogP contribution in [0.5, 0.6) is 0 Å². The van der Waals surface area contributed by atoms with Gasteiger partial charge >= 0.3 is 12.0 Å². The zero-order valence-electron chi connectivity index (χ0n) is 17.3. The van der Waals surface area contributed by atoms with Gasteiger partial charge in [-0.3, -0.25) is 0 Å². The number of ether oxygens (including phenoxy) is 1. The van der Waals surface area contributed by atoms with E-state index in [1.54, 1.807) is 0 Å². The summed E-state index contributed by atoms with van der Waals surface area (Å²) in [5, 5.41) is 2.95. The summed E-state index contributed by atoms with van der Waals surface area (Å²) in [4.78, 5) is 27.5. The number of nitrogens with zero attached hydrogens (tertiary/aromatic N) is 1. The highest BCUT2D eigenvalue weighted by molar-refractivity contribution is 5.84. The Morgan fingerprint density at radius 1 is 1.15 bits per heavy atom. The number of carbonyl (C=O) groups excluding carboxylic acids is 2. The van der Waals surface area contributed by atoms with Crippen molar-refractivity contribution in [1.82, 2.24) is 10.2 Å². The normalized spacial score (nSPS) is 21.4. The Balaban J connectivity index is 2.04. The number of likely N-dealkylation sites (tertiary alicyclic amines) is 1. The first-order valence-electron chi connectivity index (χ1n) is 9.97. The van der Waals surface area contributed by atoms with Gasteiger partial charge in [0.1, 0.15) is 12.6 Å². The molecule has 1 N–H and O–H groups in total. The third-order valence-electron chi connectivity index (χ3n) is 5.05. The van der Waals surface area contributed by atoms with Crippen LogP contribution in [-0.4, -0.2) is 35.0 Å². The first-order chi connectivity index (χ1) is 12.7. The van der Waals surface area contributed by atoms with Gasteiger partial charge in [0.15, 0.2) is 0 Å². The van der Waals surface area contributed by atoms with Crippen molar-refractivity contribution >= 4 is 12.0 Å². The van der Waals surface area contributed by atoms with E-state index in [4.69, 9.17) is 4.74 Å². The fourth-order valence-electron chi connectivity index (χ4n) is 3.68. The van der Waals surface area contributed by atoms with Gasteiger partial charge in [0.25, 0.3) is 0 Å². The molecule has 0 radical (unpaired) electrons. The van der Waals surface area contributed by atoms with Crippen LogP contribution >= 0.6 is 0 Å². The van der Waals surface area contributed by atoms with E-state index in [2.05, 4.69) is 39.9 Å². The number of piperidine rings is 1. The molecule has 0 saturated carbocycles. The first kappa shape index (κ1) is 21.3. The van der Waals surface area contributed by atoms with Crippen LogP contribution in [0.2, 0.25) is 0 Å². The number of rotatable bonds is 5. The molecule has 2 rings (SSSR count). The van der Waals surface area contributed by atoms with Gasteiger partial charge < -0.3 is 15.0 Å². The van der Waals surface area contributed by atoms with Gasteiger partial charge in [0, 0.05) is 12.1 Å². The lowest BCUT2D eigenvalue weighted by Crippen LogP contribution is -2.56. The Kier molecular flexibility index (Phi) is 7.28. The smallest absolute Gasteiger partial charge is 0.329 e. The van der Waals surface area contributed by atoms with Crippen molar-refractivity contribution < 1.29 is 14.3 Å². The molecule has 1 aromatic carbocycles. The molecular formula is C22H34N2O3. The Bertz CT molecular complexity index is 614. The minimum absolute atomic E-state index is 0.108. The molecule has 1 aliphatic rings. The third kappa shape index (κ3) is 6.56. The fraction of sp³-hybridized carbons (Fsp3) is 0.636. The molecule has 5 heteroatoms. The van der Waals surface area contributed by atoms with Gasteiger partial charge in [-0.15, -0.1) is 0 Å². The summed E-state index contributed by atoms with van der Waals surface area (Å²) < 4.78 is 5.51. The van der Waals surface area contributed by atoms with Crippen LogP contribution < -0.4 is 5.32 Å². The summed E-state index contributed by atoms with van der Waals surface area (Å²) in [6.07, 6.45) is 3.67. The molecule has 3 atom stereocenters. The number of hydrogen-bond donors (Lipinski definition) is 1. The van der Waals surface area contributed by atoms with Crippen molar-refractivity contribution in [2.45, 2.75) is 85.0 Å². The summed E-state index contributed by atoms with van der Waals surface area (Å²) in [5.41, 5.74) is 0.827. The van der Waals surface area contributed by atoms with E-state index < -0.39 is 6.04 Å². The van der Waals surface area contributed by atoms with Gasteiger partial charge in [-0.1, -0.05) is 51.1 Å². The van der Waals surface area contributed by atoms with Crippen molar-refractivity contribution in [3.63, 3.8) is 0 Å². The molecule has 2 amide bonds. The Morgan fingerprint density at radius 3 is 2.30 bits per heavy atom. The fourth-order valence-corrected chi connectivity index (χ4v) is 3.68. The molecule has 1 fully saturated rings. The number of amides is 2. The summed E-state index contributed by atoms with van der Waals surface area (Å²) in [5.74, 6) is -0.376. The molecular weight excluding hydrogens is 340 g/mol. The molecule has 0 spiro atoms. The van der Waals surface area contributed by atoms with E-state index in [0.717, 1.165) is 24.8 Å². The SMILES string of the molecule is CC1CCCC(C)N1C(=O)NC(CC(C)(C)C)C(=O)OCc1ccccc1. The van der Waals surface area contributed by atoms with Crippen LogP contribution in [-0.2, 0) is 16.1 Å². The summed E-state index contributed by atoms with van der Waals surface area (Å²) in [7, 11) is 0. The van der Waals surface area contributed by atoms with Crippen LogP contribution in [0, 0.1) is 5.41 Å². The Labute approximate surface area is 163 Å². The predicted octanol–water partition coefficient (Wildman–Crippen LogP) is 4.51. The summed E-state index contributed by atoms with van der Waals surface area (Å²) >= 11 is 0. The van der Waals surface area contributed by atoms with Gasteiger partial charge in [-0.05, 0) is 50.5 Å². The lowest BCUT2D eigenvalue weighted by Gasteiger charge is -2.40. The standard InChI is InChI=1S/C22H34N2O3/c1-16-10-9-11-17(2)24(16)21(26)23-19(14-22(3,4)5)20(25)27-15-18-12-7-6-8-13-18/h6-8,12-13,16-17,19H,9-11,14-15H2,1-5H3,(H,23,26). The number of nitrogens with one attached hydrogen (secondary N) is 1. The van der Waals surface area contributed by atoms with Gasteiger partial charge in [-0.2, -0.15) is 0 Å². The topological polar surface area (TPSA) is 58.6 Å². The average Bonchev–Trinajstić information content (AvgIpc) is 2.58. The van der Waals surface area contributed by atoms with Crippen LogP contribution in [0.15, 0.2) is 30.3 Å². The lowest BCUT2D eigenvalue weighted by molar-refractivity contribution is -0.148. The Morgan fingerprint density at radius 2 is 1.74 bits per heavy atom. The zero-order chi connectivity index (χ0) is 20.0. The first-order valence-corrected chi connectivity index (χ1v) is 9.97. The van der Waals surface area contributed by atoms with E-state index in [0.29, 0.717) is 6.42 Å². The maximum absolute atomic E-state index is 12.9. The Hall–Kier alpha value is -2.04. The van der Waals surface area contributed by atoms with Gasteiger partial charge in [0.2, 0.25) is 0 Å². The number of carbonyl (C=O) groups is 2. The molecule has 27 heavy (non-hydrogen) atoms. The molecule has 1 heterocycles. The molecule has 1 saturated heterocycles. The van der Waals surface area contributed by atoms with Crippen molar-refractivity contribution in [2.24, 2.45) is 5.41 Å². The second-order valence-electron chi connectivity index (χ2n) is 8.90. The second kappa shape index (κ2) is 9.25. The van der Waals surface area contributed by atoms with E-state index in [9.17, 15) is 9.59 Å². The molecule has 1 aliphatic heterocycles. The molecule has 150 valence electrons. The van der Waals surface area contributed by atoms with E-state index >= 15 is 0 Å². The highest BCUT2D eigenvalue weighted by Crippen LogP contribution is 2.25. The quantitative estimate of drug-likeness (QED) is 0.772. The number of urea groups is 1. The van der Waals surface area contributed by atoms with E-state index in [1.165, 1.54) is 0 Å². The van der Waals surface area contributed by atoms with Crippen LogP contribution in [0.25, 0.3) is 0 Å². The van der Waals surface area contributed by atoms with Gasteiger partial charge in [0.05, 0.1) is 0 Å². The highest BCUT2D eigenvalue weighted by atomic mass is 16.5. The van der Waals surface area contributed by atoms with Crippen LogP contribution in [0.3, 0.4) is 0 Å². The molecule has 0 aliphatic carbocycles. The largest absolute Gasteiger partial charge is 0.459 e. The molecule has 5 nitrogen and oxygen atoms in total. The maximum Gasteiger partial charge on any atom is 0.329 e. The minimum Gasteiger partial charge on any atom is -0.459 e. The monoisotopic (exact) mass is 374 g/mol. The average molecular weight is 375 g/mol.